The number of carbonyl (C=O) groups excluding carboxylic acids is 2. The van der Waals surface area contributed by atoms with Gasteiger partial charge in [-0.05, 0) is 31.2 Å². The second-order valence-electron chi connectivity index (χ2n) is 6.19. The molecule has 2 aromatic carbocycles. The normalized spacial score (nSPS) is 13.4. The fourth-order valence-corrected chi connectivity index (χ4v) is 4.06. The van der Waals surface area contributed by atoms with Crippen LogP contribution in [-0.2, 0) is 14.3 Å². The molecule has 1 aliphatic heterocycles. The Morgan fingerprint density at radius 2 is 1.65 bits per heavy atom. The molecular formula is C20H22N2O3S. The van der Waals surface area contributed by atoms with E-state index in [0.717, 1.165) is 11.4 Å². The van der Waals surface area contributed by atoms with Gasteiger partial charge in [0.05, 0.1) is 24.9 Å². The third-order valence-electron chi connectivity index (χ3n) is 4.20. The summed E-state index contributed by atoms with van der Waals surface area (Å²) in [6.45, 7) is 2.38. The zero-order valence-corrected chi connectivity index (χ0v) is 15.7. The molecule has 1 amide bonds. The van der Waals surface area contributed by atoms with Gasteiger partial charge < -0.3 is 15.0 Å². The van der Waals surface area contributed by atoms with Crippen LogP contribution in [-0.4, -0.2) is 31.6 Å². The van der Waals surface area contributed by atoms with Gasteiger partial charge in [0, 0.05) is 28.8 Å². The number of hydrogen-bond donors (Lipinski definition) is 1. The highest BCUT2D eigenvalue weighted by Crippen LogP contribution is 2.47. The predicted octanol–water partition coefficient (Wildman–Crippen LogP) is 3.75. The number of benzene rings is 2. The number of nitrogens with zero attached hydrogens (tertiary/aromatic N) is 1. The molecule has 136 valence electrons. The third kappa shape index (κ3) is 4.19. The number of methoxy groups -OCH3 is 1. The topological polar surface area (TPSA) is 58.6 Å². The zero-order chi connectivity index (χ0) is 18.5. The monoisotopic (exact) mass is 370 g/mol. The van der Waals surface area contributed by atoms with E-state index in [4.69, 9.17) is 0 Å². The molecule has 0 bridgehead atoms. The summed E-state index contributed by atoms with van der Waals surface area (Å²) in [5, 5.41) is 2.86. The van der Waals surface area contributed by atoms with Crippen LogP contribution >= 0.6 is 11.8 Å². The van der Waals surface area contributed by atoms with Crippen LogP contribution in [0.4, 0.5) is 11.4 Å². The van der Waals surface area contributed by atoms with Crippen molar-refractivity contribution in [3.63, 3.8) is 0 Å². The lowest BCUT2D eigenvalue weighted by atomic mass is 10.2. The molecule has 5 nitrogen and oxygen atoms in total. The molecular weight excluding hydrogens is 348 g/mol. The van der Waals surface area contributed by atoms with Gasteiger partial charge >= 0.3 is 5.97 Å². The van der Waals surface area contributed by atoms with Gasteiger partial charge in [-0.1, -0.05) is 36.0 Å². The van der Waals surface area contributed by atoms with E-state index in [-0.39, 0.29) is 24.3 Å². The molecule has 0 radical (unpaired) electrons. The SMILES string of the molecule is COC(=O)CC(C)NC(=O)CCN1c2ccccc2Sc2ccccc21. The number of para-hydroxylation sites is 2. The number of fused-ring (bicyclic) bond motifs is 2. The minimum absolute atomic E-state index is 0.0745. The van der Waals surface area contributed by atoms with Gasteiger partial charge in [-0.15, -0.1) is 0 Å². The Bertz CT molecular complexity index is 764. The van der Waals surface area contributed by atoms with Crippen molar-refractivity contribution in [3.8, 4) is 0 Å². The quantitative estimate of drug-likeness (QED) is 0.785. The molecule has 6 heteroatoms. The summed E-state index contributed by atoms with van der Waals surface area (Å²) in [5.41, 5.74) is 2.23. The number of nitrogens with one attached hydrogen (secondary N) is 1. The van der Waals surface area contributed by atoms with Crippen molar-refractivity contribution in [2.75, 3.05) is 18.6 Å². The fourth-order valence-electron chi connectivity index (χ4n) is 2.97. The largest absolute Gasteiger partial charge is 0.469 e. The number of carbonyl (C=O) groups is 2. The van der Waals surface area contributed by atoms with Crippen molar-refractivity contribution in [2.45, 2.75) is 35.6 Å². The molecule has 26 heavy (non-hydrogen) atoms. The first-order valence-electron chi connectivity index (χ1n) is 8.58. The Balaban J connectivity index is 1.68. The first-order valence-corrected chi connectivity index (χ1v) is 9.39. The molecule has 3 rings (SSSR count). The van der Waals surface area contributed by atoms with Crippen LogP contribution in [0.2, 0.25) is 0 Å². The second-order valence-corrected chi connectivity index (χ2v) is 7.27. The molecule has 0 aromatic heterocycles. The van der Waals surface area contributed by atoms with Crippen LogP contribution in [0.15, 0.2) is 58.3 Å². The summed E-state index contributed by atoms with van der Waals surface area (Å²) in [4.78, 5) is 28.2. The standard InChI is InChI=1S/C20H22N2O3S/c1-14(13-20(24)25-2)21-19(23)11-12-22-15-7-3-5-9-17(15)26-18-10-6-4-8-16(18)22/h3-10,14H,11-13H2,1-2H3,(H,21,23). The highest BCUT2D eigenvalue weighted by molar-refractivity contribution is 7.99. The predicted molar refractivity (Wildman–Crippen MR) is 103 cm³/mol. The van der Waals surface area contributed by atoms with Crippen LogP contribution in [0.5, 0.6) is 0 Å². The van der Waals surface area contributed by atoms with Gasteiger partial charge in [0.25, 0.3) is 0 Å². The number of amides is 1. The first-order chi connectivity index (χ1) is 12.6. The third-order valence-corrected chi connectivity index (χ3v) is 5.33. The molecule has 2 aromatic rings. The van der Waals surface area contributed by atoms with Crippen LogP contribution in [0.1, 0.15) is 19.8 Å². The van der Waals surface area contributed by atoms with E-state index in [2.05, 4.69) is 39.2 Å². The molecule has 0 fully saturated rings. The van der Waals surface area contributed by atoms with E-state index in [1.54, 1.807) is 18.7 Å². The number of hydrogen-bond acceptors (Lipinski definition) is 5. The van der Waals surface area contributed by atoms with Gasteiger partial charge in [0.1, 0.15) is 0 Å². The summed E-state index contributed by atoms with van der Waals surface area (Å²) >= 11 is 1.75. The Hall–Kier alpha value is -2.47. The summed E-state index contributed by atoms with van der Waals surface area (Å²) in [7, 11) is 1.35. The van der Waals surface area contributed by atoms with Crippen LogP contribution in [0.3, 0.4) is 0 Å². The summed E-state index contributed by atoms with van der Waals surface area (Å²) in [6, 6.07) is 16.2. The number of anilines is 2. The van der Waals surface area contributed by atoms with Crippen molar-refractivity contribution < 1.29 is 14.3 Å². The van der Waals surface area contributed by atoms with Crippen LogP contribution < -0.4 is 10.2 Å². The van der Waals surface area contributed by atoms with E-state index in [0.29, 0.717) is 13.0 Å². The lowest BCUT2D eigenvalue weighted by Crippen LogP contribution is -2.36. The van der Waals surface area contributed by atoms with Crippen LogP contribution in [0.25, 0.3) is 0 Å². The maximum Gasteiger partial charge on any atom is 0.307 e. The van der Waals surface area contributed by atoms with Crippen molar-refractivity contribution >= 4 is 35.0 Å². The van der Waals surface area contributed by atoms with Crippen molar-refractivity contribution in [1.29, 1.82) is 0 Å². The number of ether oxygens (including phenoxy) is 1. The van der Waals surface area contributed by atoms with Crippen molar-refractivity contribution in [1.82, 2.24) is 5.32 Å². The molecule has 1 aliphatic rings. The molecule has 0 spiro atoms. The van der Waals surface area contributed by atoms with E-state index >= 15 is 0 Å². The number of rotatable bonds is 6. The van der Waals surface area contributed by atoms with Crippen molar-refractivity contribution in [2.24, 2.45) is 0 Å². The Morgan fingerprint density at radius 1 is 1.08 bits per heavy atom. The maximum absolute atomic E-state index is 12.3. The van der Waals surface area contributed by atoms with Crippen molar-refractivity contribution in [3.05, 3.63) is 48.5 Å². The minimum atomic E-state index is -0.325. The van der Waals surface area contributed by atoms with Crippen LogP contribution in [0, 0.1) is 0 Å². The van der Waals surface area contributed by atoms with Gasteiger partial charge in [-0.25, -0.2) is 0 Å². The smallest absolute Gasteiger partial charge is 0.307 e. The van der Waals surface area contributed by atoms with Gasteiger partial charge in [-0.3, -0.25) is 9.59 Å². The highest BCUT2D eigenvalue weighted by atomic mass is 32.2. The molecule has 1 heterocycles. The molecule has 1 N–H and O–H groups in total. The summed E-state index contributed by atoms with van der Waals surface area (Å²) in [5.74, 6) is -0.400. The second kappa shape index (κ2) is 8.27. The van der Waals surface area contributed by atoms with E-state index in [9.17, 15) is 9.59 Å². The Labute approximate surface area is 157 Å². The Morgan fingerprint density at radius 3 is 2.23 bits per heavy atom. The maximum atomic E-state index is 12.3. The molecule has 0 saturated heterocycles. The average Bonchev–Trinajstić information content (AvgIpc) is 2.64. The van der Waals surface area contributed by atoms with Gasteiger partial charge in [0.15, 0.2) is 0 Å². The highest BCUT2D eigenvalue weighted by Gasteiger charge is 2.23. The van der Waals surface area contributed by atoms with E-state index in [1.807, 2.05) is 24.3 Å². The zero-order valence-electron chi connectivity index (χ0n) is 14.9. The van der Waals surface area contributed by atoms with E-state index in [1.165, 1.54) is 16.9 Å². The number of esters is 1. The van der Waals surface area contributed by atoms with Gasteiger partial charge in [-0.2, -0.15) is 0 Å². The summed E-state index contributed by atoms with van der Waals surface area (Å²) < 4.78 is 4.63. The first kappa shape index (κ1) is 18.3. The minimum Gasteiger partial charge on any atom is -0.469 e. The fraction of sp³-hybridized carbons (Fsp3) is 0.300. The average molecular weight is 370 g/mol. The molecule has 0 saturated carbocycles. The Kier molecular flexibility index (Phi) is 5.83. The molecule has 1 atom stereocenters. The summed E-state index contributed by atoms with van der Waals surface area (Å²) in [6.07, 6.45) is 0.521. The molecule has 0 aliphatic carbocycles. The van der Waals surface area contributed by atoms with E-state index < -0.39 is 0 Å². The van der Waals surface area contributed by atoms with Gasteiger partial charge in [0.2, 0.25) is 5.91 Å². The lowest BCUT2D eigenvalue weighted by molar-refractivity contribution is -0.141. The molecule has 1 unspecified atom stereocenters. The lowest BCUT2D eigenvalue weighted by Gasteiger charge is -2.32.